The number of hydrogen-bond donors (Lipinski definition) is 0. The zero-order valence-electron chi connectivity index (χ0n) is 13.1. The first-order chi connectivity index (χ1) is 10.0. The number of aromatic nitrogens is 2. The molecule has 2 rings (SSSR count). The molecule has 0 bridgehead atoms. The molecule has 0 spiro atoms. The summed E-state index contributed by atoms with van der Waals surface area (Å²) in [4.78, 5) is 13.5. The molecule has 2 heterocycles. The van der Waals surface area contributed by atoms with Crippen LogP contribution in [0.15, 0.2) is 0 Å². The van der Waals surface area contributed by atoms with E-state index in [0.717, 1.165) is 0 Å². The van der Waals surface area contributed by atoms with Crippen LogP contribution in [0.5, 0.6) is 0 Å². The maximum atomic E-state index is 13.0. The van der Waals surface area contributed by atoms with Gasteiger partial charge < -0.3 is 9.64 Å². The van der Waals surface area contributed by atoms with E-state index in [0.29, 0.717) is 12.2 Å². The molecule has 1 aliphatic heterocycles. The van der Waals surface area contributed by atoms with Crippen LogP contribution in [-0.2, 0) is 30.4 Å². The molecule has 0 saturated carbocycles. The summed E-state index contributed by atoms with van der Waals surface area (Å²) in [5, 5.41) is 3.66. The Labute approximate surface area is 127 Å². The summed E-state index contributed by atoms with van der Waals surface area (Å²) < 4.78 is 45.7. The van der Waals surface area contributed by atoms with Gasteiger partial charge in [0, 0.05) is 18.7 Å². The van der Waals surface area contributed by atoms with Crippen molar-refractivity contribution in [2.45, 2.75) is 59.0 Å². The van der Waals surface area contributed by atoms with Crippen LogP contribution in [0, 0.1) is 0 Å². The van der Waals surface area contributed by atoms with Gasteiger partial charge in [0.05, 0.1) is 12.2 Å². The molecule has 0 atom stereocenters. The summed E-state index contributed by atoms with van der Waals surface area (Å²) in [6.45, 7) is 7.57. The van der Waals surface area contributed by atoms with E-state index in [1.54, 1.807) is 27.7 Å². The van der Waals surface area contributed by atoms with E-state index in [2.05, 4.69) is 5.10 Å². The quantitative estimate of drug-likeness (QED) is 0.798. The monoisotopic (exact) mass is 319 g/mol. The lowest BCUT2D eigenvalue weighted by Crippen LogP contribution is -2.40. The Morgan fingerprint density at radius 3 is 2.45 bits per heavy atom. The van der Waals surface area contributed by atoms with Crippen LogP contribution in [0.2, 0.25) is 0 Å². The van der Waals surface area contributed by atoms with Crippen LogP contribution < -0.4 is 0 Å². The van der Waals surface area contributed by atoms with Gasteiger partial charge in [-0.25, -0.2) is 4.79 Å². The van der Waals surface area contributed by atoms with Crippen molar-refractivity contribution < 1.29 is 22.7 Å². The Balaban J connectivity index is 2.27. The highest BCUT2D eigenvalue weighted by Crippen LogP contribution is 2.35. The van der Waals surface area contributed by atoms with Gasteiger partial charge in [0.2, 0.25) is 0 Å². The Bertz CT molecular complexity index is 573. The first-order valence-corrected chi connectivity index (χ1v) is 7.16. The fraction of sp³-hybridized carbons (Fsp3) is 0.714. The summed E-state index contributed by atoms with van der Waals surface area (Å²) in [6, 6.07) is 0. The van der Waals surface area contributed by atoms with E-state index < -0.39 is 23.6 Å². The maximum absolute atomic E-state index is 13.0. The minimum atomic E-state index is -4.47. The van der Waals surface area contributed by atoms with Crippen molar-refractivity contribution in [3.8, 4) is 0 Å². The molecule has 1 aliphatic rings. The maximum Gasteiger partial charge on any atom is 0.435 e. The van der Waals surface area contributed by atoms with Gasteiger partial charge in [-0.1, -0.05) is 0 Å². The lowest BCUT2D eigenvalue weighted by molar-refractivity contribution is -0.142. The Morgan fingerprint density at radius 2 is 1.95 bits per heavy atom. The number of rotatable bonds is 1. The molecular weight excluding hydrogens is 299 g/mol. The average molecular weight is 319 g/mol. The number of carbonyl (C=O) groups excluding carboxylic acids is 1. The number of halogens is 3. The summed E-state index contributed by atoms with van der Waals surface area (Å²) in [5.41, 5.74) is -0.853. The molecule has 0 saturated heterocycles. The zero-order chi connectivity index (χ0) is 16.7. The van der Waals surface area contributed by atoms with Crippen LogP contribution in [-0.4, -0.2) is 32.9 Å². The van der Waals surface area contributed by atoms with Crippen molar-refractivity contribution >= 4 is 6.09 Å². The number of hydrogen-bond acceptors (Lipinski definition) is 3. The smallest absolute Gasteiger partial charge is 0.435 e. The normalized spacial score (nSPS) is 15.7. The SMILES string of the molecule is CCn1nc(C(F)(F)F)c2c1CN(C(=O)OC(C)(C)C)CC2. The van der Waals surface area contributed by atoms with Gasteiger partial charge in [-0.15, -0.1) is 0 Å². The standard InChI is InChI=1S/C14H20F3N3O2/c1-5-20-10-8-19(12(21)22-13(2,3)4)7-6-9(10)11(18-20)14(15,16)17/h5-8H2,1-4H3. The zero-order valence-corrected chi connectivity index (χ0v) is 13.1. The fourth-order valence-corrected chi connectivity index (χ4v) is 2.45. The van der Waals surface area contributed by atoms with Crippen LogP contribution in [0.25, 0.3) is 0 Å². The van der Waals surface area contributed by atoms with Crippen LogP contribution >= 0.6 is 0 Å². The molecule has 0 unspecified atom stereocenters. The molecule has 0 radical (unpaired) electrons. The molecule has 0 aliphatic carbocycles. The molecule has 0 fully saturated rings. The molecule has 1 aromatic heterocycles. The van der Waals surface area contributed by atoms with Gasteiger partial charge in [0.25, 0.3) is 0 Å². The highest BCUT2D eigenvalue weighted by atomic mass is 19.4. The fourth-order valence-electron chi connectivity index (χ4n) is 2.45. The van der Waals surface area contributed by atoms with Crippen molar-refractivity contribution in [2.24, 2.45) is 0 Å². The van der Waals surface area contributed by atoms with Crippen molar-refractivity contribution in [1.29, 1.82) is 0 Å². The van der Waals surface area contributed by atoms with E-state index in [1.165, 1.54) is 9.58 Å². The first-order valence-electron chi connectivity index (χ1n) is 7.16. The molecule has 1 amide bonds. The van der Waals surface area contributed by atoms with E-state index in [-0.39, 0.29) is 25.1 Å². The predicted molar refractivity (Wildman–Crippen MR) is 73.3 cm³/mol. The second-order valence-corrected chi connectivity index (χ2v) is 6.24. The van der Waals surface area contributed by atoms with Crippen LogP contribution in [0.1, 0.15) is 44.6 Å². The summed E-state index contributed by atoms with van der Waals surface area (Å²) in [5.74, 6) is 0. The lowest BCUT2D eigenvalue weighted by Gasteiger charge is -2.30. The summed E-state index contributed by atoms with van der Waals surface area (Å²) >= 11 is 0. The number of aryl methyl sites for hydroxylation is 1. The third-order valence-electron chi connectivity index (χ3n) is 3.36. The molecule has 0 aromatic carbocycles. The number of nitrogens with zero attached hydrogens (tertiary/aromatic N) is 3. The average Bonchev–Trinajstić information content (AvgIpc) is 2.74. The summed E-state index contributed by atoms with van der Waals surface area (Å²) in [6.07, 6.45) is -4.86. The third-order valence-corrected chi connectivity index (χ3v) is 3.36. The number of carbonyl (C=O) groups is 1. The largest absolute Gasteiger partial charge is 0.444 e. The van der Waals surface area contributed by atoms with E-state index in [9.17, 15) is 18.0 Å². The van der Waals surface area contributed by atoms with E-state index >= 15 is 0 Å². The van der Waals surface area contributed by atoms with Gasteiger partial charge in [-0.2, -0.15) is 18.3 Å². The van der Waals surface area contributed by atoms with E-state index in [4.69, 9.17) is 4.74 Å². The molecule has 1 aromatic rings. The Hall–Kier alpha value is -1.73. The molecule has 124 valence electrons. The lowest BCUT2D eigenvalue weighted by atomic mass is 10.0. The highest BCUT2D eigenvalue weighted by Gasteiger charge is 2.41. The molecule has 22 heavy (non-hydrogen) atoms. The predicted octanol–water partition coefficient (Wildman–Crippen LogP) is 3.22. The number of amides is 1. The third kappa shape index (κ3) is 3.36. The van der Waals surface area contributed by atoms with Crippen molar-refractivity contribution in [3.05, 3.63) is 17.0 Å². The second-order valence-electron chi connectivity index (χ2n) is 6.24. The molecular formula is C14H20F3N3O2. The van der Waals surface area contributed by atoms with Gasteiger partial charge in [0.1, 0.15) is 5.60 Å². The van der Waals surface area contributed by atoms with Crippen LogP contribution in [0.3, 0.4) is 0 Å². The topological polar surface area (TPSA) is 47.4 Å². The Morgan fingerprint density at radius 1 is 1.32 bits per heavy atom. The van der Waals surface area contributed by atoms with Gasteiger partial charge in [-0.3, -0.25) is 4.68 Å². The van der Waals surface area contributed by atoms with Crippen molar-refractivity contribution in [3.63, 3.8) is 0 Å². The summed E-state index contributed by atoms with van der Waals surface area (Å²) in [7, 11) is 0. The number of fused-ring (bicyclic) bond motifs is 1. The molecule has 0 N–H and O–H groups in total. The highest BCUT2D eigenvalue weighted by molar-refractivity contribution is 5.68. The number of ether oxygens (including phenoxy) is 1. The molecule has 5 nitrogen and oxygen atoms in total. The Kier molecular flexibility index (Phi) is 4.14. The first kappa shape index (κ1) is 16.6. The minimum Gasteiger partial charge on any atom is -0.444 e. The van der Waals surface area contributed by atoms with Crippen LogP contribution in [0.4, 0.5) is 18.0 Å². The van der Waals surface area contributed by atoms with Gasteiger partial charge >= 0.3 is 12.3 Å². The van der Waals surface area contributed by atoms with Gasteiger partial charge in [-0.05, 0) is 34.1 Å². The van der Waals surface area contributed by atoms with Crippen molar-refractivity contribution in [2.75, 3.05) is 6.54 Å². The minimum absolute atomic E-state index is 0.0845. The van der Waals surface area contributed by atoms with E-state index in [1.807, 2.05) is 0 Å². The van der Waals surface area contributed by atoms with Gasteiger partial charge in [0.15, 0.2) is 5.69 Å². The van der Waals surface area contributed by atoms with Crippen molar-refractivity contribution in [1.82, 2.24) is 14.7 Å². The number of alkyl halides is 3. The second kappa shape index (κ2) is 5.48. The molecule has 8 heteroatoms.